The molecular formula is C37H31ClN2O4. The van der Waals surface area contributed by atoms with Gasteiger partial charge in [-0.2, -0.15) is 0 Å². The molecule has 44 heavy (non-hydrogen) atoms. The van der Waals surface area contributed by atoms with Crippen LogP contribution in [0, 0.1) is 0 Å². The van der Waals surface area contributed by atoms with Gasteiger partial charge >= 0.3 is 11.9 Å². The summed E-state index contributed by atoms with van der Waals surface area (Å²) in [6.45, 7) is 0.713. The molecule has 6 nitrogen and oxygen atoms in total. The van der Waals surface area contributed by atoms with Crippen molar-refractivity contribution < 1.29 is 19.5 Å². The SMILES string of the molecule is O=C(O)C(=O)N(Cc1ccc(Cl)cc1)Cc1ccc(-c2cccc(C(=O)NCC(c3ccccc3)c3ccccc3)c2)cc1. The van der Waals surface area contributed by atoms with Crippen molar-refractivity contribution in [1.29, 1.82) is 0 Å². The number of hydrogen-bond donors (Lipinski definition) is 2. The van der Waals surface area contributed by atoms with Gasteiger partial charge in [-0.05, 0) is 57.6 Å². The zero-order chi connectivity index (χ0) is 30.9. The minimum Gasteiger partial charge on any atom is -0.474 e. The average Bonchev–Trinajstić information content (AvgIpc) is 3.06. The molecule has 5 aromatic rings. The molecule has 2 N–H and O–H groups in total. The van der Waals surface area contributed by atoms with E-state index in [0.717, 1.165) is 33.4 Å². The molecule has 0 fully saturated rings. The summed E-state index contributed by atoms with van der Waals surface area (Å²) in [6, 6.07) is 42.1. The molecule has 0 aliphatic rings. The number of benzene rings is 5. The fraction of sp³-hybridized carbons (Fsp3) is 0.108. The third-order valence-electron chi connectivity index (χ3n) is 7.41. The van der Waals surface area contributed by atoms with E-state index in [0.29, 0.717) is 17.1 Å². The summed E-state index contributed by atoms with van der Waals surface area (Å²) < 4.78 is 0. The zero-order valence-corrected chi connectivity index (χ0v) is 24.7. The Morgan fingerprint density at radius 3 is 1.75 bits per heavy atom. The molecule has 5 rings (SSSR count). The number of carbonyl (C=O) groups excluding carboxylic acids is 2. The third kappa shape index (κ3) is 7.79. The second-order valence-corrected chi connectivity index (χ2v) is 10.9. The predicted molar refractivity (Wildman–Crippen MR) is 172 cm³/mol. The van der Waals surface area contributed by atoms with Crippen LogP contribution in [0.4, 0.5) is 0 Å². The minimum absolute atomic E-state index is 0.0179. The van der Waals surface area contributed by atoms with E-state index < -0.39 is 11.9 Å². The highest BCUT2D eigenvalue weighted by molar-refractivity contribution is 6.31. The van der Waals surface area contributed by atoms with Crippen LogP contribution in [0.2, 0.25) is 5.02 Å². The van der Waals surface area contributed by atoms with Gasteiger partial charge in [0.1, 0.15) is 0 Å². The second-order valence-electron chi connectivity index (χ2n) is 10.5. The summed E-state index contributed by atoms with van der Waals surface area (Å²) in [7, 11) is 0. The number of carbonyl (C=O) groups is 3. The van der Waals surface area contributed by atoms with Gasteiger partial charge in [-0.1, -0.05) is 121 Å². The molecule has 0 bridgehead atoms. The first-order valence-corrected chi connectivity index (χ1v) is 14.6. The summed E-state index contributed by atoms with van der Waals surface area (Å²) in [5.41, 5.74) is 6.12. The molecule has 7 heteroatoms. The van der Waals surface area contributed by atoms with Gasteiger partial charge in [0.15, 0.2) is 0 Å². The Kier molecular flexibility index (Phi) is 9.85. The van der Waals surface area contributed by atoms with Crippen molar-refractivity contribution in [2.75, 3.05) is 6.54 Å². The van der Waals surface area contributed by atoms with Crippen molar-refractivity contribution in [3.8, 4) is 11.1 Å². The maximum Gasteiger partial charge on any atom is 0.394 e. The average molecular weight is 603 g/mol. The summed E-state index contributed by atoms with van der Waals surface area (Å²) in [4.78, 5) is 38.4. The van der Waals surface area contributed by atoms with E-state index in [1.165, 1.54) is 4.90 Å². The summed E-state index contributed by atoms with van der Waals surface area (Å²) in [6.07, 6.45) is 0. The van der Waals surface area contributed by atoms with Crippen LogP contribution in [0.1, 0.15) is 38.5 Å². The summed E-state index contributed by atoms with van der Waals surface area (Å²) in [5, 5.41) is 13.0. The highest BCUT2D eigenvalue weighted by atomic mass is 35.5. The molecule has 0 atom stereocenters. The fourth-order valence-electron chi connectivity index (χ4n) is 5.10. The van der Waals surface area contributed by atoms with E-state index in [-0.39, 0.29) is 24.9 Å². The molecule has 2 amide bonds. The minimum atomic E-state index is -1.51. The zero-order valence-electron chi connectivity index (χ0n) is 23.9. The van der Waals surface area contributed by atoms with Crippen molar-refractivity contribution in [1.82, 2.24) is 10.2 Å². The Balaban J connectivity index is 1.27. The van der Waals surface area contributed by atoms with E-state index in [9.17, 15) is 19.5 Å². The lowest BCUT2D eigenvalue weighted by molar-refractivity contribution is -0.156. The molecule has 0 aliphatic carbocycles. The number of aliphatic carboxylic acids is 1. The van der Waals surface area contributed by atoms with Crippen LogP contribution in [-0.4, -0.2) is 34.3 Å². The van der Waals surface area contributed by atoms with Crippen molar-refractivity contribution in [3.05, 3.63) is 166 Å². The Hall–Kier alpha value is -5.20. The summed E-state index contributed by atoms with van der Waals surface area (Å²) >= 11 is 5.96. The van der Waals surface area contributed by atoms with Crippen LogP contribution >= 0.6 is 11.6 Å². The normalized spacial score (nSPS) is 10.8. The Morgan fingerprint density at radius 1 is 0.659 bits per heavy atom. The quantitative estimate of drug-likeness (QED) is 0.166. The van der Waals surface area contributed by atoms with Gasteiger partial charge < -0.3 is 15.3 Å². The van der Waals surface area contributed by atoms with Crippen LogP contribution in [-0.2, 0) is 22.7 Å². The number of rotatable bonds is 10. The molecule has 0 saturated heterocycles. The maximum atomic E-state index is 13.3. The van der Waals surface area contributed by atoms with Gasteiger partial charge in [0, 0.05) is 36.1 Å². The van der Waals surface area contributed by atoms with Crippen LogP contribution in [0.25, 0.3) is 11.1 Å². The van der Waals surface area contributed by atoms with Crippen LogP contribution in [0.3, 0.4) is 0 Å². The van der Waals surface area contributed by atoms with Crippen molar-refractivity contribution in [3.63, 3.8) is 0 Å². The van der Waals surface area contributed by atoms with Crippen molar-refractivity contribution in [2.24, 2.45) is 0 Å². The lowest BCUT2D eigenvalue weighted by Gasteiger charge is -2.21. The van der Waals surface area contributed by atoms with Gasteiger partial charge in [0.05, 0.1) is 0 Å². The molecule has 0 aliphatic heterocycles. The van der Waals surface area contributed by atoms with Crippen LogP contribution in [0.5, 0.6) is 0 Å². The number of amides is 2. The van der Waals surface area contributed by atoms with Gasteiger partial charge in [0.25, 0.3) is 5.91 Å². The molecule has 0 spiro atoms. The first-order valence-electron chi connectivity index (χ1n) is 14.2. The second kappa shape index (κ2) is 14.3. The molecule has 0 heterocycles. The van der Waals surface area contributed by atoms with Gasteiger partial charge in [-0.3, -0.25) is 9.59 Å². The highest BCUT2D eigenvalue weighted by Crippen LogP contribution is 2.25. The molecule has 0 unspecified atom stereocenters. The number of carboxylic acid groups (broad SMARTS) is 1. The summed E-state index contributed by atoms with van der Waals surface area (Å²) in [5.74, 6) is -2.64. The van der Waals surface area contributed by atoms with E-state index in [1.54, 1.807) is 30.3 Å². The molecule has 0 saturated carbocycles. The smallest absolute Gasteiger partial charge is 0.394 e. The third-order valence-corrected chi connectivity index (χ3v) is 7.66. The fourth-order valence-corrected chi connectivity index (χ4v) is 5.23. The number of hydrogen-bond acceptors (Lipinski definition) is 3. The maximum absolute atomic E-state index is 13.3. The standard InChI is InChI=1S/C37H31ClN2O4/c38-33-20-16-27(17-21-33)25-40(36(42)37(43)44)24-26-14-18-28(19-15-26)31-12-7-13-32(22-31)35(41)39-23-34(29-8-3-1-4-9-29)30-10-5-2-6-11-30/h1-22,34H,23-25H2,(H,39,41)(H,43,44). The Labute approximate surface area is 261 Å². The first-order chi connectivity index (χ1) is 21.4. The van der Waals surface area contributed by atoms with Crippen molar-refractivity contribution >= 4 is 29.4 Å². The van der Waals surface area contributed by atoms with E-state index in [1.807, 2.05) is 78.9 Å². The lowest BCUT2D eigenvalue weighted by Crippen LogP contribution is -2.35. The molecular weight excluding hydrogens is 572 g/mol. The number of nitrogens with zero attached hydrogens (tertiary/aromatic N) is 1. The number of nitrogens with one attached hydrogen (secondary N) is 1. The van der Waals surface area contributed by atoms with Gasteiger partial charge in [0.2, 0.25) is 0 Å². The van der Waals surface area contributed by atoms with Crippen LogP contribution in [0.15, 0.2) is 133 Å². The number of halogens is 1. The van der Waals surface area contributed by atoms with Gasteiger partial charge in [-0.15, -0.1) is 0 Å². The number of carboxylic acids is 1. The Morgan fingerprint density at radius 2 is 1.20 bits per heavy atom. The molecule has 5 aromatic carbocycles. The van der Waals surface area contributed by atoms with E-state index >= 15 is 0 Å². The van der Waals surface area contributed by atoms with Crippen molar-refractivity contribution in [2.45, 2.75) is 19.0 Å². The predicted octanol–water partition coefficient (Wildman–Crippen LogP) is 7.18. The highest BCUT2D eigenvalue weighted by Gasteiger charge is 2.22. The largest absolute Gasteiger partial charge is 0.474 e. The molecule has 220 valence electrons. The van der Waals surface area contributed by atoms with E-state index in [2.05, 4.69) is 29.6 Å². The lowest BCUT2D eigenvalue weighted by atomic mass is 9.91. The topological polar surface area (TPSA) is 86.7 Å². The monoisotopic (exact) mass is 602 g/mol. The molecule has 0 aromatic heterocycles. The van der Waals surface area contributed by atoms with Crippen LogP contribution < -0.4 is 5.32 Å². The Bertz CT molecular complexity index is 1680. The van der Waals surface area contributed by atoms with E-state index in [4.69, 9.17) is 11.6 Å². The van der Waals surface area contributed by atoms with Gasteiger partial charge in [-0.25, -0.2) is 4.79 Å². The molecule has 0 radical (unpaired) electrons. The first kappa shape index (κ1) is 30.3.